The first-order valence-electron chi connectivity index (χ1n) is 9.17. The van der Waals surface area contributed by atoms with E-state index in [9.17, 15) is 14.4 Å². The number of amides is 1. The third kappa shape index (κ3) is 6.20. The Balaban J connectivity index is 1.86. The molecule has 1 aromatic heterocycles. The predicted molar refractivity (Wildman–Crippen MR) is 109 cm³/mol. The summed E-state index contributed by atoms with van der Waals surface area (Å²) in [5.41, 5.74) is 2.04. The van der Waals surface area contributed by atoms with E-state index >= 15 is 0 Å². The highest BCUT2D eigenvalue weighted by molar-refractivity contribution is 7.14. The van der Waals surface area contributed by atoms with E-state index in [-0.39, 0.29) is 12.7 Å². The van der Waals surface area contributed by atoms with Crippen LogP contribution in [0.4, 0.5) is 5.69 Å². The molecule has 28 heavy (non-hydrogen) atoms. The van der Waals surface area contributed by atoms with E-state index in [1.165, 1.54) is 11.3 Å². The molecule has 0 saturated carbocycles. The van der Waals surface area contributed by atoms with Gasteiger partial charge in [0.25, 0.3) is 5.91 Å². The maximum Gasteiger partial charge on any atom is 0.348 e. The topological polar surface area (TPSA) is 81.7 Å². The van der Waals surface area contributed by atoms with Gasteiger partial charge in [0.1, 0.15) is 4.88 Å². The molecule has 150 valence electrons. The monoisotopic (exact) mass is 403 g/mol. The summed E-state index contributed by atoms with van der Waals surface area (Å²) < 4.78 is 10.2. The Morgan fingerprint density at radius 2 is 1.79 bits per heavy atom. The van der Waals surface area contributed by atoms with Gasteiger partial charge in [-0.25, -0.2) is 9.59 Å². The molecule has 1 heterocycles. The smallest absolute Gasteiger partial charge is 0.348 e. The number of hydrogen-bond donors (Lipinski definition) is 1. The predicted octanol–water partition coefficient (Wildman–Crippen LogP) is 4.37. The first-order chi connectivity index (χ1) is 13.3. The molecule has 0 radical (unpaired) electrons. The van der Waals surface area contributed by atoms with Crippen molar-refractivity contribution in [2.75, 3.05) is 11.9 Å². The highest BCUT2D eigenvalue weighted by Crippen LogP contribution is 2.23. The molecule has 0 saturated heterocycles. The van der Waals surface area contributed by atoms with Crippen molar-refractivity contribution in [2.45, 2.75) is 46.6 Å². The molecular weight excluding hydrogens is 378 g/mol. The summed E-state index contributed by atoms with van der Waals surface area (Å²) >= 11 is 1.38. The van der Waals surface area contributed by atoms with Crippen LogP contribution in [0, 0.1) is 6.92 Å². The molecule has 0 unspecified atom stereocenters. The van der Waals surface area contributed by atoms with Gasteiger partial charge in [-0.15, -0.1) is 11.3 Å². The van der Waals surface area contributed by atoms with E-state index in [4.69, 9.17) is 9.47 Å². The van der Waals surface area contributed by atoms with Gasteiger partial charge >= 0.3 is 11.9 Å². The SMILES string of the molecule is CCCc1cc(C(=O)OCC(=O)Nc2ccc(C(=O)OC(C)C)cc2)sc1C. The minimum Gasteiger partial charge on any atom is -0.459 e. The van der Waals surface area contributed by atoms with Gasteiger partial charge in [-0.3, -0.25) is 4.79 Å². The standard InChI is InChI=1S/C21H25NO5S/c1-5-6-16-11-18(28-14(16)4)21(25)26-12-19(23)22-17-9-7-15(8-10-17)20(24)27-13(2)3/h7-11,13H,5-6,12H2,1-4H3,(H,22,23). The van der Waals surface area contributed by atoms with Crippen LogP contribution in [0.5, 0.6) is 0 Å². The van der Waals surface area contributed by atoms with Gasteiger partial charge < -0.3 is 14.8 Å². The molecule has 2 rings (SSSR count). The molecule has 1 N–H and O–H groups in total. The lowest BCUT2D eigenvalue weighted by atomic mass is 10.1. The number of carbonyl (C=O) groups is 3. The molecule has 1 aromatic carbocycles. The van der Waals surface area contributed by atoms with Crippen LogP contribution in [0.2, 0.25) is 0 Å². The van der Waals surface area contributed by atoms with E-state index in [1.807, 2.05) is 13.0 Å². The first kappa shape index (κ1) is 21.6. The fourth-order valence-electron chi connectivity index (χ4n) is 2.51. The number of esters is 2. The normalized spacial score (nSPS) is 10.6. The Bertz CT molecular complexity index is 839. The number of thiophene rings is 1. The molecule has 0 fully saturated rings. The maximum absolute atomic E-state index is 12.1. The van der Waals surface area contributed by atoms with Crippen LogP contribution in [0.1, 0.15) is 57.7 Å². The van der Waals surface area contributed by atoms with Crippen LogP contribution in [-0.2, 0) is 20.7 Å². The van der Waals surface area contributed by atoms with Gasteiger partial charge in [0.2, 0.25) is 0 Å². The maximum atomic E-state index is 12.1. The van der Waals surface area contributed by atoms with Crippen LogP contribution >= 0.6 is 11.3 Å². The Kier molecular flexibility index (Phi) is 7.75. The Labute approximate surface area is 168 Å². The fraction of sp³-hybridized carbons (Fsp3) is 0.381. The van der Waals surface area contributed by atoms with Crippen molar-refractivity contribution in [1.82, 2.24) is 0 Å². The van der Waals surface area contributed by atoms with E-state index in [2.05, 4.69) is 12.2 Å². The number of hydrogen-bond acceptors (Lipinski definition) is 6. The quantitative estimate of drug-likeness (QED) is 0.662. The molecule has 0 spiro atoms. The number of nitrogens with one attached hydrogen (secondary N) is 1. The number of ether oxygens (including phenoxy) is 2. The van der Waals surface area contributed by atoms with Gasteiger partial charge in [-0.1, -0.05) is 13.3 Å². The van der Waals surface area contributed by atoms with Crippen LogP contribution in [0.15, 0.2) is 30.3 Å². The van der Waals surface area contributed by atoms with Crippen molar-refractivity contribution in [3.8, 4) is 0 Å². The zero-order valence-corrected chi connectivity index (χ0v) is 17.4. The summed E-state index contributed by atoms with van der Waals surface area (Å²) in [5.74, 6) is -1.37. The van der Waals surface area contributed by atoms with E-state index in [0.29, 0.717) is 16.1 Å². The minimum absolute atomic E-state index is 0.202. The lowest BCUT2D eigenvalue weighted by Crippen LogP contribution is -2.20. The van der Waals surface area contributed by atoms with Gasteiger partial charge in [0, 0.05) is 10.6 Å². The summed E-state index contributed by atoms with van der Waals surface area (Å²) in [6, 6.07) is 8.15. The van der Waals surface area contributed by atoms with Gasteiger partial charge in [0.05, 0.1) is 11.7 Å². The number of rotatable bonds is 8. The molecule has 7 heteroatoms. The summed E-state index contributed by atoms with van der Waals surface area (Å²) in [4.78, 5) is 37.5. The average Bonchev–Trinajstić information content (AvgIpc) is 3.01. The third-order valence-corrected chi connectivity index (χ3v) is 4.90. The molecule has 0 aliphatic carbocycles. The number of carbonyl (C=O) groups excluding carboxylic acids is 3. The Morgan fingerprint density at radius 1 is 1.11 bits per heavy atom. The lowest BCUT2D eigenvalue weighted by molar-refractivity contribution is -0.119. The first-order valence-corrected chi connectivity index (χ1v) is 9.99. The van der Waals surface area contributed by atoms with Crippen LogP contribution in [-0.4, -0.2) is 30.6 Å². The second kappa shape index (κ2) is 10.0. The van der Waals surface area contributed by atoms with Crippen LogP contribution < -0.4 is 5.32 Å². The zero-order valence-electron chi connectivity index (χ0n) is 16.5. The van der Waals surface area contributed by atoms with Crippen LogP contribution in [0.3, 0.4) is 0 Å². The van der Waals surface area contributed by atoms with Crippen molar-refractivity contribution < 1.29 is 23.9 Å². The molecule has 0 aliphatic heterocycles. The van der Waals surface area contributed by atoms with Gasteiger partial charge in [-0.2, -0.15) is 0 Å². The molecule has 6 nitrogen and oxygen atoms in total. The highest BCUT2D eigenvalue weighted by atomic mass is 32.1. The van der Waals surface area contributed by atoms with Crippen molar-refractivity contribution in [3.05, 3.63) is 51.2 Å². The molecule has 0 bridgehead atoms. The molecule has 0 aliphatic rings. The largest absolute Gasteiger partial charge is 0.459 e. The molecular formula is C21H25NO5S. The van der Waals surface area contributed by atoms with Crippen molar-refractivity contribution in [2.24, 2.45) is 0 Å². The van der Waals surface area contributed by atoms with E-state index in [0.717, 1.165) is 23.3 Å². The Morgan fingerprint density at radius 3 is 2.39 bits per heavy atom. The third-order valence-electron chi connectivity index (χ3n) is 3.82. The lowest BCUT2D eigenvalue weighted by Gasteiger charge is -2.09. The van der Waals surface area contributed by atoms with Crippen molar-refractivity contribution >= 4 is 34.9 Å². The van der Waals surface area contributed by atoms with Crippen molar-refractivity contribution in [1.29, 1.82) is 0 Å². The minimum atomic E-state index is -0.502. The average molecular weight is 404 g/mol. The Hall–Kier alpha value is -2.67. The second-order valence-corrected chi connectivity index (χ2v) is 7.85. The molecule has 0 atom stereocenters. The van der Waals surface area contributed by atoms with E-state index < -0.39 is 17.8 Å². The molecule has 2 aromatic rings. The number of aryl methyl sites for hydroxylation is 2. The van der Waals surface area contributed by atoms with E-state index in [1.54, 1.807) is 38.1 Å². The van der Waals surface area contributed by atoms with Gasteiger partial charge in [-0.05, 0) is 63.1 Å². The highest BCUT2D eigenvalue weighted by Gasteiger charge is 2.15. The second-order valence-electron chi connectivity index (χ2n) is 6.60. The summed E-state index contributed by atoms with van der Waals surface area (Å²) in [5, 5.41) is 2.63. The summed E-state index contributed by atoms with van der Waals surface area (Å²) in [6.45, 7) is 7.22. The summed E-state index contributed by atoms with van der Waals surface area (Å²) in [7, 11) is 0. The van der Waals surface area contributed by atoms with Crippen LogP contribution in [0.25, 0.3) is 0 Å². The fourth-order valence-corrected chi connectivity index (χ4v) is 3.47. The van der Waals surface area contributed by atoms with Gasteiger partial charge in [0.15, 0.2) is 6.61 Å². The zero-order chi connectivity index (χ0) is 20.7. The number of anilines is 1. The van der Waals surface area contributed by atoms with Crippen molar-refractivity contribution in [3.63, 3.8) is 0 Å². The number of benzene rings is 1. The summed E-state index contributed by atoms with van der Waals surface area (Å²) in [6.07, 6.45) is 1.71. The molecule has 1 amide bonds.